The van der Waals surface area contributed by atoms with E-state index < -0.39 is 0 Å². The van der Waals surface area contributed by atoms with Crippen LogP contribution in [0.15, 0.2) is 76.7 Å². The minimum Gasteiger partial charge on any atom is -0.464 e. The lowest BCUT2D eigenvalue weighted by molar-refractivity contribution is -0.144. The van der Waals surface area contributed by atoms with E-state index in [1.165, 1.54) is 16.9 Å². The van der Waals surface area contributed by atoms with E-state index in [0.717, 1.165) is 43.8 Å². The van der Waals surface area contributed by atoms with Crippen LogP contribution in [0.1, 0.15) is 16.8 Å². The SMILES string of the molecule is Cc1ccc(Nc2nc(COC(=O)Cc3coc4ccc5ccccc5c34)cs2)cc1. The van der Waals surface area contributed by atoms with Crippen molar-refractivity contribution in [1.82, 2.24) is 4.98 Å². The zero-order chi connectivity index (χ0) is 21.2. The molecule has 0 aliphatic heterocycles. The van der Waals surface area contributed by atoms with Crippen LogP contribution in [-0.4, -0.2) is 11.0 Å². The topological polar surface area (TPSA) is 64.4 Å². The lowest BCUT2D eigenvalue weighted by atomic mass is 10.0. The molecule has 0 radical (unpaired) electrons. The first-order chi connectivity index (χ1) is 15.2. The van der Waals surface area contributed by atoms with Gasteiger partial charge in [-0.25, -0.2) is 4.98 Å². The third kappa shape index (κ3) is 4.15. The number of benzene rings is 3. The molecule has 0 atom stereocenters. The second-order valence-corrected chi connectivity index (χ2v) is 8.25. The zero-order valence-electron chi connectivity index (χ0n) is 16.9. The van der Waals surface area contributed by atoms with Crippen molar-refractivity contribution in [3.05, 3.63) is 89.1 Å². The summed E-state index contributed by atoms with van der Waals surface area (Å²) >= 11 is 1.48. The van der Waals surface area contributed by atoms with E-state index in [2.05, 4.69) is 17.2 Å². The Bertz CT molecular complexity index is 1370. The molecule has 0 aliphatic rings. The fourth-order valence-electron chi connectivity index (χ4n) is 3.56. The Balaban J connectivity index is 1.24. The Morgan fingerprint density at radius 1 is 1.10 bits per heavy atom. The van der Waals surface area contributed by atoms with Crippen LogP contribution in [0.4, 0.5) is 10.8 Å². The van der Waals surface area contributed by atoms with Crippen molar-refractivity contribution < 1.29 is 13.9 Å². The van der Waals surface area contributed by atoms with Gasteiger partial charge >= 0.3 is 5.97 Å². The number of nitrogens with zero attached hydrogens (tertiary/aromatic N) is 1. The number of hydrogen-bond donors (Lipinski definition) is 1. The van der Waals surface area contributed by atoms with Gasteiger partial charge in [-0.3, -0.25) is 4.79 Å². The first kappa shape index (κ1) is 19.3. The Morgan fingerprint density at radius 2 is 1.94 bits per heavy atom. The highest BCUT2D eigenvalue weighted by Gasteiger charge is 2.14. The van der Waals surface area contributed by atoms with Gasteiger partial charge in [-0.2, -0.15) is 0 Å². The molecule has 3 aromatic carbocycles. The Morgan fingerprint density at radius 3 is 2.81 bits per heavy atom. The molecule has 0 amide bonds. The lowest BCUT2D eigenvalue weighted by Crippen LogP contribution is -2.08. The number of aromatic nitrogens is 1. The van der Waals surface area contributed by atoms with Gasteiger partial charge in [0.2, 0.25) is 0 Å². The third-order valence-electron chi connectivity index (χ3n) is 5.11. The number of nitrogens with one attached hydrogen (secondary N) is 1. The molecule has 5 rings (SSSR count). The minimum atomic E-state index is -0.309. The summed E-state index contributed by atoms with van der Waals surface area (Å²) in [6.07, 6.45) is 1.80. The van der Waals surface area contributed by atoms with Crippen molar-refractivity contribution in [2.24, 2.45) is 0 Å². The fourth-order valence-corrected chi connectivity index (χ4v) is 4.27. The number of aryl methyl sites for hydroxylation is 1. The summed E-state index contributed by atoms with van der Waals surface area (Å²) in [5.41, 5.74) is 4.50. The second-order valence-electron chi connectivity index (χ2n) is 7.39. The van der Waals surface area contributed by atoms with E-state index >= 15 is 0 Å². The van der Waals surface area contributed by atoms with E-state index in [4.69, 9.17) is 9.15 Å². The molecule has 5 aromatic rings. The minimum absolute atomic E-state index is 0.140. The zero-order valence-corrected chi connectivity index (χ0v) is 17.7. The van der Waals surface area contributed by atoms with E-state index in [-0.39, 0.29) is 19.0 Å². The molecule has 0 unspecified atom stereocenters. The summed E-state index contributed by atoms with van der Waals surface area (Å²) in [6, 6.07) is 20.1. The number of ether oxygens (including phenoxy) is 1. The van der Waals surface area contributed by atoms with Crippen LogP contribution in [0.3, 0.4) is 0 Å². The molecular formula is C25H20N2O3S. The molecular weight excluding hydrogens is 408 g/mol. The molecule has 0 fully saturated rings. The van der Waals surface area contributed by atoms with Gasteiger partial charge in [0, 0.05) is 22.0 Å². The van der Waals surface area contributed by atoms with Gasteiger partial charge in [-0.1, -0.05) is 48.0 Å². The maximum Gasteiger partial charge on any atom is 0.310 e. The first-order valence-corrected chi connectivity index (χ1v) is 10.9. The summed E-state index contributed by atoms with van der Waals surface area (Å²) in [5, 5.41) is 9.08. The molecule has 0 aliphatic carbocycles. The predicted molar refractivity (Wildman–Crippen MR) is 124 cm³/mol. The number of rotatable bonds is 6. The summed E-state index contributed by atoms with van der Waals surface area (Å²) in [7, 11) is 0. The normalized spacial score (nSPS) is 11.1. The molecule has 154 valence electrons. The molecule has 6 heteroatoms. The van der Waals surface area contributed by atoms with Crippen molar-refractivity contribution in [3.8, 4) is 0 Å². The van der Waals surface area contributed by atoms with Crippen molar-refractivity contribution >= 4 is 49.9 Å². The second kappa shape index (κ2) is 8.24. The van der Waals surface area contributed by atoms with Crippen molar-refractivity contribution in [1.29, 1.82) is 0 Å². The largest absolute Gasteiger partial charge is 0.464 e. The lowest BCUT2D eigenvalue weighted by Gasteiger charge is -2.04. The van der Waals surface area contributed by atoms with Crippen LogP contribution >= 0.6 is 11.3 Å². The number of anilines is 2. The van der Waals surface area contributed by atoms with Crippen molar-refractivity contribution in [3.63, 3.8) is 0 Å². The van der Waals surface area contributed by atoms with Gasteiger partial charge in [-0.15, -0.1) is 11.3 Å². The maximum atomic E-state index is 12.5. The number of carbonyl (C=O) groups excluding carboxylic acids is 1. The Hall–Kier alpha value is -3.64. The molecule has 2 heterocycles. The van der Waals surface area contributed by atoms with E-state index in [0.29, 0.717) is 0 Å². The smallest absolute Gasteiger partial charge is 0.310 e. The maximum absolute atomic E-state index is 12.5. The monoisotopic (exact) mass is 428 g/mol. The van der Waals surface area contributed by atoms with E-state index in [9.17, 15) is 4.79 Å². The van der Waals surface area contributed by atoms with Gasteiger partial charge < -0.3 is 14.5 Å². The van der Waals surface area contributed by atoms with Gasteiger partial charge in [-0.05, 0) is 35.9 Å². The number of esters is 1. The summed E-state index contributed by atoms with van der Waals surface area (Å²) in [5.74, 6) is -0.309. The highest BCUT2D eigenvalue weighted by atomic mass is 32.1. The van der Waals surface area contributed by atoms with Gasteiger partial charge in [0.1, 0.15) is 12.2 Å². The van der Waals surface area contributed by atoms with E-state index in [1.54, 1.807) is 6.26 Å². The average Bonchev–Trinajstić information content (AvgIpc) is 3.41. The van der Waals surface area contributed by atoms with Crippen LogP contribution in [0.25, 0.3) is 21.7 Å². The highest BCUT2D eigenvalue weighted by Crippen LogP contribution is 2.30. The number of hydrogen-bond acceptors (Lipinski definition) is 6. The van der Waals surface area contributed by atoms with Gasteiger partial charge in [0.25, 0.3) is 0 Å². The molecule has 2 aromatic heterocycles. The van der Waals surface area contributed by atoms with E-state index in [1.807, 2.05) is 66.0 Å². The first-order valence-electron chi connectivity index (χ1n) is 9.97. The number of carbonyl (C=O) groups is 1. The molecule has 31 heavy (non-hydrogen) atoms. The number of furan rings is 1. The van der Waals surface area contributed by atoms with Gasteiger partial charge in [0.15, 0.2) is 5.13 Å². The van der Waals surface area contributed by atoms with Crippen molar-refractivity contribution in [2.75, 3.05) is 5.32 Å². The molecule has 5 nitrogen and oxygen atoms in total. The van der Waals surface area contributed by atoms with Crippen LogP contribution in [0, 0.1) is 6.92 Å². The van der Waals surface area contributed by atoms with Crippen LogP contribution < -0.4 is 5.32 Å². The predicted octanol–water partition coefficient (Wildman–Crippen LogP) is 6.38. The highest BCUT2D eigenvalue weighted by molar-refractivity contribution is 7.13. The van der Waals surface area contributed by atoms with Crippen molar-refractivity contribution in [2.45, 2.75) is 20.0 Å². The molecule has 0 bridgehead atoms. The molecule has 0 spiro atoms. The van der Waals surface area contributed by atoms with Crippen LogP contribution in [0.5, 0.6) is 0 Å². The fraction of sp³-hybridized carbons (Fsp3) is 0.120. The standard InChI is InChI=1S/C25H20N2O3S/c1-16-6-9-19(10-7-16)26-25-27-20(15-31-25)14-30-23(28)12-18-13-29-22-11-8-17-4-2-3-5-21(17)24(18)22/h2-11,13,15H,12,14H2,1H3,(H,26,27). The summed E-state index contributed by atoms with van der Waals surface area (Å²) in [6.45, 7) is 2.19. The Kier molecular flexibility index (Phi) is 5.14. The Labute approximate surface area is 183 Å². The van der Waals surface area contributed by atoms with Gasteiger partial charge in [0.05, 0.1) is 18.4 Å². The van der Waals surface area contributed by atoms with Crippen LogP contribution in [0.2, 0.25) is 0 Å². The quantitative estimate of drug-likeness (QED) is 0.318. The molecule has 0 saturated carbocycles. The molecule has 1 N–H and O–H groups in total. The van der Waals surface area contributed by atoms with Crippen LogP contribution in [-0.2, 0) is 22.6 Å². The summed E-state index contributed by atoms with van der Waals surface area (Å²) in [4.78, 5) is 17.0. The third-order valence-corrected chi connectivity index (χ3v) is 5.92. The molecule has 0 saturated heterocycles. The number of thiazole rings is 1. The summed E-state index contributed by atoms with van der Waals surface area (Å²) < 4.78 is 11.1. The average molecular weight is 429 g/mol. The number of fused-ring (bicyclic) bond motifs is 3.